The second kappa shape index (κ2) is 5.59. The summed E-state index contributed by atoms with van der Waals surface area (Å²) in [6.45, 7) is 6.32. The van der Waals surface area contributed by atoms with Crippen LogP contribution >= 0.6 is 0 Å². The zero-order valence-corrected chi connectivity index (χ0v) is 15.4. The molecule has 7 atom stereocenters. The van der Waals surface area contributed by atoms with Crippen molar-refractivity contribution in [2.75, 3.05) is 0 Å². The van der Waals surface area contributed by atoms with Gasteiger partial charge in [-0.3, -0.25) is 4.79 Å². The predicted molar refractivity (Wildman–Crippen MR) is 93.3 cm³/mol. The van der Waals surface area contributed by atoms with Gasteiger partial charge in [-0.05, 0) is 73.5 Å². The highest BCUT2D eigenvalue weighted by Crippen LogP contribution is 2.64. The van der Waals surface area contributed by atoms with Crippen molar-refractivity contribution in [2.45, 2.75) is 84.3 Å². The number of aliphatic hydroxyl groups is 1. The fourth-order valence-corrected chi connectivity index (χ4v) is 6.94. The van der Waals surface area contributed by atoms with E-state index in [4.69, 9.17) is 4.74 Å². The van der Waals surface area contributed by atoms with Crippen LogP contribution in [0.15, 0.2) is 11.6 Å². The summed E-state index contributed by atoms with van der Waals surface area (Å²) in [7, 11) is 0. The third kappa shape index (κ3) is 2.30. The SMILES string of the molecule is CC(=O)O[C@@H]1CC[C@@]2(C)C(=CC[C@H]3[C@@H]4CC[C@H](O)[C@@]4(C)CC[C@@H]32)C1. The summed E-state index contributed by atoms with van der Waals surface area (Å²) in [6, 6.07) is 0. The number of esters is 1. The topological polar surface area (TPSA) is 46.5 Å². The molecular weight excluding hydrogens is 300 g/mol. The summed E-state index contributed by atoms with van der Waals surface area (Å²) in [5.74, 6) is 2.03. The maximum Gasteiger partial charge on any atom is 0.302 e. The molecular formula is C21H32O3. The number of aliphatic hydroxyl groups excluding tert-OH is 1. The summed E-state index contributed by atoms with van der Waals surface area (Å²) in [6.07, 6.45) is 11.3. The average molecular weight is 332 g/mol. The van der Waals surface area contributed by atoms with Crippen molar-refractivity contribution in [1.29, 1.82) is 0 Å². The smallest absolute Gasteiger partial charge is 0.302 e. The van der Waals surface area contributed by atoms with Gasteiger partial charge in [0.05, 0.1) is 6.10 Å². The molecule has 0 spiro atoms. The van der Waals surface area contributed by atoms with Crippen molar-refractivity contribution < 1.29 is 14.6 Å². The molecule has 0 aromatic heterocycles. The van der Waals surface area contributed by atoms with Gasteiger partial charge in [-0.25, -0.2) is 0 Å². The van der Waals surface area contributed by atoms with Gasteiger partial charge in [0.25, 0.3) is 0 Å². The molecule has 3 fully saturated rings. The number of fused-ring (bicyclic) bond motifs is 5. The van der Waals surface area contributed by atoms with Gasteiger partial charge >= 0.3 is 5.97 Å². The zero-order chi connectivity index (χ0) is 17.1. The lowest BCUT2D eigenvalue weighted by Gasteiger charge is -2.57. The van der Waals surface area contributed by atoms with Gasteiger partial charge in [0.15, 0.2) is 0 Å². The molecule has 0 bridgehead atoms. The van der Waals surface area contributed by atoms with E-state index in [9.17, 15) is 9.90 Å². The standard InChI is InChI=1S/C21H32O3/c1-13(22)24-15-8-10-20(2)14(12-15)4-5-16-17-6-7-19(23)21(17,3)11-9-18(16)20/h4,15-19,23H,5-12H2,1-3H3/t15-,16+,17+,18+,19+,20+,21+/m1/s1. The molecule has 24 heavy (non-hydrogen) atoms. The number of hydrogen-bond acceptors (Lipinski definition) is 3. The van der Waals surface area contributed by atoms with Crippen molar-refractivity contribution >= 4 is 5.97 Å². The van der Waals surface area contributed by atoms with Crippen molar-refractivity contribution in [3.63, 3.8) is 0 Å². The normalized spacial score (nSPS) is 50.3. The van der Waals surface area contributed by atoms with Crippen LogP contribution in [-0.4, -0.2) is 23.3 Å². The Morgan fingerprint density at radius 2 is 1.96 bits per heavy atom. The molecule has 0 aromatic rings. The molecule has 3 heteroatoms. The predicted octanol–water partition coefficient (Wildman–Crippen LogP) is 4.24. The highest BCUT2D eigenvalue weighted by molar-refractivity contribution is 5.66. The van der Waals surface area contributed by atoms with Gasteiger partial charge in [-0.2, -0.15) is 0 Å². The van der Waals surface area contributed by atoms with E-state index in [0.29, 0.717) is 5.92 Å². The van der Waals surface area contributed by atoms with Crippen molar-refractivity contribution in [2.24, 2.45) is 28.6 Å². The van der Waals surface area contributed by atoms with Crippen LogP contribution in [0.25, 0.3) is 0 Å². The van der Waals surface area contributed by atoms with E-state index in [1.54, 1.807) is 5.57 Å². The Hall–Kier alpha value is -0.830. The zero-order valence-electron chi connectivity index (χ0n) is 15.4. The minimum Gasteiger partial charge on any atom is -0.462 e. The maximum atomic E-state index is 11.3. The van der Waals surface area contributed by atoms with E-state index in [1.165, 1.54) is 26.2 Å². The fraction of sp³-hybridized carbons (Fsp3) is 0.857. The van der Waals surface area contributed by atoms with E-state index in [2.05, 4.69) is 19.9 Å². The van der Waals surface area contributed by atoms with Crippen LogP contribution in [0.3, 0.4) is 0 Å². The molecule has 4 aliphatic carbocycles. The first-order valence-electron chi connectivity index (χ1n) is 9.89. The highest BCUT2D eigenvalue weighted by Gasteiger charge is 2.58. The Morgan fingerprint density at radius 1 is 1.17 bits per heavy atom. The van der Waals surface area contributed by atoms with E-state index < -0.39 is 0 Å². The third-order valence-corrected chi connectivity index (χ3v) is 8.34. The van der Waals surface area contributed by atoms with Gasteiger partial charge in [-0.15, -0.1) is 0 Å². The molecule has 4 rings (SSSR count). The first-order chi connectivity index (χ1) is 11.3. The molecule has 0 aromatic carbocycles. The van der Waals surface area contributed by atoms with Gasteiger partial charge in [0.2, 0.25) is 0 Å². The third-order valence-electron chi connectivity index (χ3n) is 8.34. The van der Waals surface area contributed by atoms with Crippen LogP contribution in [0.5, 0.6) is 0 Å². The Balaban J connectivity index is 1.59. The van der Waals surface area contributed by atoms with E-state index in [1.807, 2.05) is 0 Å². The average Bonchev–Trinajstić information content (AvgIpc) is 2.83. The van der Waals surface area contributed by atoms with Gasteiger partial charge in [-0.1, -0.05) is 25.5 Å². The van der Waals surface area contributed by atoms with Crippen LogP contribution in [0.1, 0.15) is 72.1 Å². The highest BCUT2D eigenvalue weighted by atomic mass is 16.5. The first-order valence-corrected chi connectivity index (χ1v) is 9.89. The number of ether oxygens (including phenoxy) is 1. The van der Waals surface area contributed by atoms with Crippen molar-refractivity contribution in [1.82, 2.24) is 0 Å². The molecule has 134 valence electrons. The summed E-state index contributed by atoms with van der Waals surface area (Å²) in [5, 5.41) is 10.5. The lowest BCUT2D eigenvalue weighted by molar-refractivity contribution is -0.148. The Morgan fingerprint density at radius 3 is 2.71 bits per heavy atom. The van der Waals surface area contributed by atoms with Crippen LogP contribution < -0.4 is 0 Å². The molecule has 3 nitrogen and oxygen atoms in total. The molecule has 0 amide bonds. The summed E-state index contributed by atoms with van der Waals surface area (Å²) in [5.41, 5.74) is 1.98. The van der Waals surface area contributed by atoms with Crippen LogP contribution in [0, 0.1) is 28.6 Å². The largest absolute Gasteiger partial charge is 0.462 e. The summed E-state index contributed by atoms with van der Waals surface area (Å²) >= 11 is 0. The first kappa shape index (κ1) is 16.6. The van der Waals surface area contributed by atoms with Crippen molar-refractivity contribution in [3.8, 4) is 0 Å². The number of hydrogen-bond donors (Lipinski definition) is 1. The number of rotatable bonds is 1. The Bertz CT molecular complexity index is 567. The van der Waals surface area contributed by atoms with Gasteiger partial charge in [0, 0.05) is 13.3 Å². The quantitative estimate of drug-likeness (QED) is 0.577. The van der Waals surface area contributed by atoms with Gasteiger partial charge in [0.1, 0.15) is 6.10 Å². The fourth-order valence-electron chi connectivity index (χ4n) is 6.94. The molecule has 0 heterocycles. The molecule has 0 unspecified atom stereocenters. The molecule has 0 saturated heterocycles. The molecule has 4 aliphatic rings. The molecule has 0 aliphatic heterocycles. The van der Waals surface area contributed by atoms with Crippen LogP contribution in [0.4, 0.5) is 0 Å². The number of allylic oxidation sites excluding steroid dienone is 1. The molecule has 1 N–H and O–H groups in total. The maximum absolute atomic E-state index is 11.3. The lowest BCUT2D eigenvalue weighted by atomic mass is 9.48. The van der Waals surface area contributed by atoms with Crippen LogP contribution in [-0.2, 0) is 9.53 Å². The number of carbonyl (C=O) groups excluding carboxylic acids is 1. The minimum atomic E-state index is -0.147. The number of carbonyl (C=O) groups is 1. The van der Waals surface area contributed by atoms with Crippen molar-refractivity contribution in [3.05, 3.63) is 11.6 Å². The monoisotopic (exact) mass is 332 g/mol. The molecule has 0 radical (unpaired) electrons. The second-order valence-electron chi connectivity index (χ2n) is 9.37. The lowest BCUT2D eigenvalue weighted by Crippen LogP contribution is -2.51. The second-order valence-corrected chi connectivity index (χ2v) is 9.37. The molecule has 3 saturated carbocycles. The van der Waals surface area contributed by atoms with E-state index in [0.717, 1.165) is 43.9 Å². The van der Waals surface area contributed by atoms with Gasteiger partial charge < -0.3 is 9.84 Å². The van der Waals surface area contributed by atoms with E-state index in [-0.39, 0.29) is 29.0 Å². The van der Waals surface area contributed by atoms with Crippen LogP contribution in [0.2, 0.25) is 0 Å². The Labute approximate surface area is 145 Å². The summed E-state index contributed by atoms with van der Waals surface area (Å²) < 4.78 is 5.51. The Kier molecular flexibility index (Phi) is 3.87. The minimum absolute atomic E-state index is 0.0838. The summed E-state index contributed by atoms with van der Waals surface area (Å²) in [4.78, 5) is 11.3. The van der Waals surface area contributed by atoms with E-state index >= 15 is 0 Å².